The van der Waals surface area contributed by atoms with Crippen LogP contribution in [0.1, 0.15) is 49.0 Å². The summed E-state index contributed by atoms with van der Waals surface area (Å²) in [5, 5.41) is 2.83. The molecule has 0 radical (unpaired) electrons. The number of fused-ring (bicyclic) bond motifs is 1. The summed E-state index contributed by atoms with van der Waals surface area (Å²) < 4.78 is 34.1. The molecular formula is C26H30BrN3O6S. The number of nitrogens with one attached hydrogen (secondary N) is 1. The minimum Gasteiger partial charge on any atom is -0.462 e. The molecule has 1 N–H and O–H groups in total. The topological polar surface area (TPSA) is 113 Å². The molecule has 198 valence electrons. The second-order valence-corrected chi connectivity index (χ2v) is 11.8. The summed E-state index contributed by atoms with van der Waals surface area (Å²) in [6.07, 6.45) is 2.11. The van der Waals surface area contributed by atoms with Crippen molar-refractivity contribution in [3.8, 4) is 0 Å². The van der Waals surface area contributed by atoms with Crippen molar-refractivity contribution in [1.82, 2.24) is 4.31 Å². The standard InChI is InChI=1S/C26H30BrN3O6S/c1-3-24(31)30-13-11-18-14-21(27)23(15-22(18)30)37(34,35)29-12-5-6-19(16-29)25(32)28-20-9-7-17(8-10-20)26(33)36-4-2/h7-10,14-15,19H,3-6,11-13,16H2,1-2H3,(H,28,32)/t19-/m0/s1. The molecule has 0 spiro atoms. The minimum atomic E-state index is -3.91. The highest BCUT2D eigenvalue weighted by molar-refractivity contribution is 9.10. The van der Waals surface area contributed by atoms with E-state index in [1.807, 2.05) is 0 Å². The summed E-state index contributed by atoms with van der Waals surface area (Å²) in [5.74, 6) is -1.29. The Hall–Kier alpha value is -2.76. The molecule has 11 heteroatoms. The molecule has 2 aliphatic heterocycles. The third-order valence-corrected chi connectivity index (χ3v) is 9.49. The molecule has 2 aliphatic rings. The SMILES string of the molecule is CCOC(=O)c1ccc(NC(=O)[C@H]2CCCN(S(=O)(=O)c3cc4c(cc3Br)CCN4C(=O)CC)C2)cc1. The third kappa shape index (κ3) is 5.73. The lowest BCUT2D eigenvalue weighted by molar-refractivity contribution is -0.121. The molecule has 0 bridgehead atoms. The van der Waals surface area contributed by atoms with Crippen LogP contribution in [0.15, 0.2) is 45.8 Å². The van der Waals surface area contributed by atoms with Crippen molar-refractivity contribution in [2.24, 2.45) is 5.92 Å². The van der Waals surface area contributed by atoms with Crippen LogP contribution < -0.4 is 10.2 Å². The van der Waals surface area contributed by atoms with Gasteiger partial charge in [-0.3, -0.25) is 9.59 Å². The maximum Gasteiger partial charge on any atom is 0.338 e. The fraction of sp³-hybridized carbons (Fsp3) is 0.423. The Bertz CT molecular complexity index is 1310. The number of amides is 2. The highest BCUT2D eigenvalue weighted by atomic mass is 79.9. The van der Waals surface area contributed by atoms with Crippen molar-refractivity contribution in [2.75, 3.05) is 36.5 Å². The monoisotopic (exact) mass is 591 g/mol. The number of anilines is 2. The zero-order chi connectivity index (χ0) is 26.7. The van der Waals surface area contributed by atoms with E-state index in [1.54, 1.807) is 55.1 Å². The van der Waals surface area contributed by atoms with Crippen molar-refractivity contribution < 1.29 is 27.5 Å². The van der Waals surface area contributed by atoms with Crippen LogP contribution in [0.2, 0.25) is 0 Å². The third-order valence-electron chi connectivity index (χ3n) is 6.67. The summed E-state index contributed by atoms with van der Waals surface area (Å²) >= 11 is 3.42. The van der Waals surface area contributed by atoms with E-state index < -0.39 is 21.9 Å². The lowest BCUT2D eigenvalue weighted by Crippen LogP contribution is -2.43. The van der Waals surface area contributed by atoms with E-state index in [1.165, 1.54) is 4.31 Å². The number of hydrogen-bond acceptors (Lipinski definition) is 6. The van der Waals surface area contributed by atoms with Crippen LogP contribution in [0.3, 0.4) is 0 Å². The van der Waals surface area contributed by atoms with Crippen LogP contribution in [-0.2, 0) is 30.8 Å². The number of halogens is 1. The van der Waals surface area contributed by atoms with Crippen molar-refractivity contribution >= 4 is 55.1 Å². The van der Waals surface area contributed by atoms with Gasteiger partial charge < -0.3 is 15.0 Å². The number of piperidine rings is 1. The fourth-order valence-corrected chi connectivity index (χ4v) is 7.29. The van der Waals surface area contributed by atoms with Gasteiger partial charge in [-0.25, -0.2) is 13.2 Å². The smallest absolute Gasteiger partial charge is 0.338 e. The number of benzene rings is 2. The van der Waals surface area contributed by atoms with Crippen molar-refractivity contribution in [2.45, 2.75) is 44.4 Å². The lowest BCUT2D eigenvalue weighted by atomic mass is 9.98. The van der Waals surface area contributed by atoms with Crippen LogP contribution >= 0.6 is 15.9 Å². The number of carbonyl (C=O) groups is 3. The summed E-state index contributed by atoms with van der Waals surface area (Å²) in [6, 6.07) is 9.73. The van der Waals surface area contributed by atoms with Gasteiger partial charge in [0.2, 0.25) is 21.8 Å². The Balaban J connectivity index is 1.49. The molecular weight excluding hydrogens is 562 g/mol. The number of nitrogens with zero attached hydrogens (tertiary/aromatic N) is 2. The second kappa shape index (κ2) is 11.3. The Morgan fingerprint density at radius 2 is 1.84 bits per heavy atom. The van der Waals surface area contributed by atoms with E-state index >= 15 is 0 Å². The summed E-state index contributed by atoms with van der Waals surface area (Å²) in [7, 11) is -3.91. The first kappa shape index (κ1) is 27.3. The van der Waals surface area contributed by atoms with E-state index in [0.29, 0.717) is 60.2 Å². The number of ether oxygens (including phenoxy) is 1. The van der Waals surface area contributed by atoms with Gasteiger partial charge in [0.1, 0.15) is 0 Å². The highest BCUT2D eigenvalue weighted by Crippen LogP contribution is 2.37. The molecule has 0 unspecified atom stereocenters. The average Bonchev–Trinajstić information content (AvgIpc) is 3.31. The van der Waals surface area contributed by atoms with Crippen LogP contribution in [0, 0.1) is 5.92 Å². The molecule has 2 amide bonds. The van der Waals surface area contributed by atoms with Gasteiger partial charge in [-0.05, 0) is 84.1 Å². The number of hydrogen-bond donors (Lipinski definition) is 1. The molecule has 4 rings (SSSR count). The van der Waals surface area contributed by atoms with Crippen molar-refractivity contribution in [3.05, 3.63) is 52.0 Å². The van der Waals surface area contributed by atoms with E-state index in [2.05, 4.69) is 21.2 Å². The molecule has 0 aliphatic carbocycles. The van der Waals surface area contributed by atoms with Crippen molar-refractivity contribution in [3.63, 3.8) is 0 Å². The minimum absolute atomic E-state index is 0.0468. The number of esters is 1. The van der Waals surface area contributed by atoms with Gasteiger partial charge in [0, 0.05) is 41.9 Å². The molecule has 0 saturated carbocycles. The van der Waals surface area contributed by atoms with Gasteiger partial charge in [-0.2, -0.15) is 4.31 Å². The van der Waals surface area contributed by atoms with Gasteiger partial charge in [0.15, 0.2) is 0 Å². The zero-order valence-corrected chi connectivity index (χ0v) is 23.2. The van der Waals surface area contributed by atoms with Gasteiger partial charge in [-0.15, -0.1) is 0 Å². The van der Waals surface area contributed by atoms with E-state index in [9.17, 15) is 22.8 Å². The van der Waals surface area contributed by atoms with Crippen LogP contribution in [0.25, 0.3) is 0 Å². The Morgan fingerprint density at radius 1 is 1.11 bits per heavy atom. The zero-order valence-electron chi connectivity index (χ0n) is 20.8. The molecule has 1 fully saturated rings. The second-order valence-electron chi connectivity index (χ2n) is 9.05. The summed E-state index contributed by atoms with van der Waals surface area (Å²) in [5.41, 5.74) is 2.46. The highest BCUT2D eigenvalue weighted by Gasteiger charge is 2.36. The lowest BCUT2D eigenvalue weighted by Gasteiger charge is -2.31. The maximum absolute atomic E-state index is 13.7. The predicted molar refractivity (Wildman–Crippen MR) is 143 cm³/mol. The molecule has 2 aromatic rings. The van der Waals surface area contributed by atoms with E-state index in [0.717, 1.165) is 5.56 Å². The summed E-state index contributed by atoms with van der Waals surface area (Å²) in [4.78, 5) is 38.9. The molecule has 1 atom stereocenters. The Morgan fingerprint density at radius 3 is 2.51 bits per heavy atom. The Kier molecular flexibility index (Phi) is 8.35. The molecule has 2 aromatic carbocycles. The largest absolute Gasteiger partial charge is 0.462 e. The van der Waals surface area contributed by atoms with Crippen LogP contribution in [0.5, 0.6) is 0 Å². The quantitative estimate of drug-likeness (QED) is 0.487. The number of sulfonamides is 1. The van der Waals surface area contributed by atoms with Gasteiger partial charge in [0.25, 0.3) is 0 Å². The van der Waals surface area contributed by atoms with Crippen LogP contribution in [0.4, 0.5) is 11.4 Å². The fourth-order valence-electron chi connectivity index (χ4n) is 4.70. The van der Waals surface area contributed by atoms with Crippen molar-refractivity contribution in [1.29, 1.82) is 0 Å². The molecule has 0 aromatic heterocycles. The first-order valence-electron chi connectivity index (χ1n) is 12.4. The number of carbonyl (C=O) groups excluding carboxylic acids is 3. The van der Waals surface area contributed by atoms with Gasteiger partial charge in [-0.1, -0.05) is 6.92 Å². The molecule has 2 heterocycles. The molecule has 9 nitrogen and oxygen atoms in total. The van der Waals surface area contributed by atoms with E-state index in [4.69, 9.17) is 4.74 Å². The van der Waals surface area contributed by atoms with Gasteiger partial charge >= 0.3 is 5.97 Å². The Labute approximate surface area is 225 Å². The maximum atomic E-state index is 13.7. The normalized spacial score (nSPS) is 17.8. The summed E-state index contributed by atoms with van der Waals surface area (Å²) in [6.45, 7) is 4.67. The first-order chi connectivity index (χ1) is 17.6. The van der Waals surface area contributed by atoms with Gasteiger partial charge in [0.05, 0.1) is 23.0 Å². The van der Waals surface area contributed by atoms with Crippen LogP contribution in [-0.4, -0.2) is 56.7 Å². The molecule has 1 saturated heterocycles. The van der Waals surface area contributed by atoms with E-state index in [-0.39, 0.29) is 29.9 Å². The number of rotatable bonds is 7. The first-order valence-corrected chi connectivity index (χ1v) is 14.6. The predicted octanol–water partition coefficient (Wildman–Crippen LogP) is 3.96. The average molecular weight is 593 g/mol. The molecule has 37 heavy (non-hydrogen) atoms.